The molecule has 0 aromatic carbocycles. The number of hydrogen-bond donors (Lipinski definition) is 10. The van der Waals surface area contributed by atoms with Crippen LogP contribution in [0.5, 0.6) is 0 Å². The lowest BCUT2D eigenvalue weighted by Gasteiger charge is -2.44. The summed E-state index contributed by atoms with van der Waals surface area (Å²) in [5, 5.41) is 102. The molecule has 0 aromatic rings. The van der Waals surface area contributed by atoms with Gasteiger partial charge in [0.25, 0.3) is 0 Å². The molecule has 0 unspecified atom stereocenters. The third-order valence-electron chi connectivity index (χ3n) is 12.7. The average Bonchev–Trinajstić information content (AvgIpc) is 3.73. The summed E-state index contributed by atoms with van der Waals surface area (Å²) in [6.45, 7) is 7.79. The van der Waals surface area contributed by atoms with E-state index in [0.717, 1.165) is 17.4 Å². The molecular weight excluding hydrogens is 824 g/mol. The van der Waals surface area contributed by atoms with Gasteiger partial charge >= 0.3 is 11.9 Å². The maximum Gasteiger partial charge on any atom is 0.337 e. The van der Waals surface area contributed by atoms with Crippen molar-refractivity contribution >= 4 is 11.9 Å². The molecule has 4 heterocycles. The number of rotatable bonds is 15. The number of ether oxygens (including phenoxy) is 8. The number of carbonyl (C=O) groups is 2. The number of fused-ring (bicyclic) bond motifs is 2. The van der Waals surface area contributed by atoms with Crippen LogP contribution in [0.3, 0.4) is 0 Å². The van der Waals surface area contributed by atoms with Crippen LogP contribution in [0.1, 0.15) is 52.9 Å². The van der Waals surface area contributed by atoms with Crippen LogP contribution in [-0.2, 0) is 47.5 Å². The normalized spacial score (nSPS) is 42.2. The van der Waals surface area contributed by atoms with Gasteiger partial charge in [-0.3, -0.25) is 0 Å². The van der Waals surface area contributed by atoms with Gasteiger partial charge in [-0.2, -0.15) is 0 Å². The molecule has 0 radical (unpaired) electrons. The lowest BCUT2D eigenvalue weighted by molar-refractivity contribution is -0.346. The average molecular weight is 885 g/mol. The lowest BCUT2D eigenvalue weighted by Crippen LogP contribution is -2.60. The molecule has 6 rings (SSSR count). The molecule has 62 heavy (non-hydrogen) atoms. The monoisotopic (exact) mass is 884 g/mol. The van der Waals surface area contributed by atoms with Crippen molar-refractivity contribution < 1.29 is 98.5 Å². The SMILES string of the molecule is C=C1[C@H]2[C@H](O[C@@H]3O[C@H](CO)[C@@H](O)[C@H](O)[C@H]3O)OC=C(C(=O)OC/C=C(\C)CC/C=C(\C)COC(=O)C3=CO[C@@H](O[C@@H]4O[C@H](CO)[C@@H](O)[C@H](O)[C@H]4O)[C@H]4[C@@H]3CC[C@]4(C)O)[C@H]2C[C@@H]1O. The van der Waals surface area contributed by atoms with Crippen LogP contribution in [0.25, 0.3) is 0 Å². The van der Waals surface area contributed by atoms with Gasteiger partial charge < -0.3 is 89.0 Å². The minimum absolute atomic E-state index is 0.0238. The van der Waals surface area contributed by atoms with Crippen molar-refractivity contribution in [2.24, 2.45) is 23.7 Å². The summed E-state index contributed by atoms with van der Waals surface area (Å²) >= 11 is 0. The molecule has 2 saturated heterocycles. The summed E-state index contributed by atoms with van der Waals surface area (Å²) in [4.78, 5) is 26.5. The Morgan fingerprint density at radius 1 is 0.758 bits per heavy atom. The Bertz CT molecular complexity index is 1740. The van der Waals surface area contributed by atoms with E-state index >= 15 is 0 Å². The van der Waals surface area contributed by atoms with Crippen molar-refractivity contribution in [2.45, 2.75) is 139 Å². The molecule has 20 nitrogen and oxygen atoms in total. The van der Waals surface area contributed by atoms with Crippen LogP contribution in [-0.4, -0.2) is 175 Å². The fraction of sp³-hybridized carbons (Fsp3) is 0.714. The summed E-state index contributed by atoms with van der Waals surface area (Å²) in [7, 11) is 0. The summed E-state index contributed by atoms with van der Waals surface area (Å²) < 4.78 is 45.1. The molecule has 348 valence electrons. The third kappa shape index (κ3) is 10.1. The first-order valence-corrected chi connectivity index (χ1v) is 20.8. The standard InChI is InChI=1S/C42H60O20/c1-18(9-11-55-36(52)24-17-57-38(28-20(3)25(45)12-22(24)28)61-40-34(50)32(48)30(46)26(13-43)59-40)6-5-7-19(2)15-56-37(53)23-16-58-39(29-21(23)8-10-42(29,4)54)62-41-35(51)33(49)31(47)27(14-44)60-41/h7,9,16-17,21-22,25-35,38-41,43-51,54H,3,5-6,8,10-15H2,1-2,4H3/b18-9+,19-7+/t21-,22-,25+,26-,27-,28-,29-,30-,31-,32+,33+,34-,35-,38+,39+,40+,41+,42+/m1/s1. The largest absolute Gasteiger partial charge is 0.471 e. The zero-order valence-corrected chi connectivity index (χ0v) is 34.8. The lowest BCUT2D eigenvalue weighted by atomic mass is 9.81. The van der Waals surface area contributed by atoms with Gasteiger partial charge in [-0.25, -0.2) is 9.59 Å². The minimum Gasteiger partial charge on any atom is -0.471 e. The third-order valence-corrected chi connectivity index (χ3v) is 12.7. The Kier molecular flexibility index (Phi) is 15.7. The van der Waals surface area contributed by atoms with Gasteiger partial charge in [0, 0.05) is 11.8 Å². The Labute approximate surface area is 357 Å². The fourth-order valence-corrected chi connectivity index (χ4v) is 8.96. The fourth-order valence-electron chi connectivity index (χ4n) is 8.96. The van der Waals surface area contributed by atoms with Crippen LogP contribution in [0.2, 0.25) is 0 Å². The number of hydrogen-bond acceptors (Lipinski definition) is 20. The molecule has 4 aliphatic heterocycles. The molecule has 0 aromatic heterocycles. The van der Waals surface area contributed by atoms with E-state index in [0.29, 0.717) is 31.3 Å². The van der Waals surface area contributed by atoms with Gasteiger partial charge in [-0.15, -0.1) is 0 Å². The Morgan fingerprint density at radius 2 is 1.31 bits per heavy atom. The number of carbonyl (C=O) groups excluding carboxylic acids is 2. The second-order valence-electron chi connectivity index (χ2n) is 17.1. The molecule has 18 atom stereocenters. The van der Waals surface area contributed by atoms with E-state index in [2.05, 4.69) is 6.58 Å². The van der Waals surface area contributed by atoms with E-state index in [1.807, 2.05) is 13.0 Å². The highest BCUT2D eigenvalue weighted by atomic mass is 16.8. The molecule has 2 saturated carbocycles. The highest BCUT2D eigenvalue weighted by Gasteiger charge is 2.56. The van der Waals surface area contributed by atoms with Crippen LogP contribution in [0.4, 0.5) is 0 Å². The van der Waals surface area contributed by atoms with Crippen molar-refractivity contribution in [1.29, 1.82) is 0 Å². The summed E-state index contributed by atoms with van der Waals surface area (Å²) in [6.07, 6.45) is -10.7. The van der Waals surface area contributed by atoms with Crippen molar-refractivity contribution in [3.63, 3.8) is 0 Å². The van der Waals surface area contributed by atoms with Gasteiger partial charge in [0.05, 0.1) is 60.4 Å². The maximum atomic E-state index is 13.3. The molecule has 0 amide bonds. The van der Waals surface area contributed by atoms with E-state index in [1.165, 1.54) is 6.26 Å². The molecule has 2 aliphatic carbocycles. The summed E-state index contributed by atoms with van der Waals surface area (Å²) in [5.74, 6) is -4.01. The number of aliphatic hydroxyl groups excluding tert-OH is 9. The van der Waals surface area contributed by atoms with Crippen molar-refractivity contribution in [3.05, 3.63) is 59.1 Å². The van der Waals surface area contributed by atoms with Gasteiger partial charge in [-0.1, -0.05) is 18.2 Å². The van der Waals surface area contributed by atoms with Crippen LogP contribution in [0, 0.1) is 23.7 Å². The van der Waals surface area contributed by atoms with Crippen molar-refractivity contribution in [1.82, 2.24) is 0 Å². The van der Waals surface area contributed by atoms with E-state index in [1.54, 1.807) is 19.9 Å². The molecule has 6 aliphatic rings. The maximum absolute atomic E-state index is 13.3. The van der Waals surface area contributed by atoms with E-state index < -0.39 is 135 Å². The van der Waals surface area contributed by atoms with Crippen LogP contribution < -0.4 is 0 Å². The van der Waals surface area contributed by atoms with Gasteiger partial charge in [-0.05, 0) is 70.1 Å². The Hall–Kier alpha value is -3.32. The topological polar surface area (TPSA) is 310 Å². The van der Waals surface area contributed by atoms with E-state index in [-0.39, 0.29) is 30.8 Å². The first-order valence-electron chi connectivity index (χ1n) is 20.8. The summed E-state index contributed by atoms with van der Waals surface area (Å²) in [5.41, 5.74) is 0.999. The molecule has 20 heteroatoms. The predicted octanol–water partition coefficient (Wildman–Crippen LogP) is -1.81. The van der Waals surface area contributed by atoms with E-state index in [4.69, 9.17) is 37.9 Å². The molecule has 0 bridgehead atoms. The molecular formula is C42H60O20. The summed E-state index contributed by atoms with van der Waals surface area (Å²) in [6, 6.07) is 0. The van der Waals surface area contributed by atoms with Gasteiger partial charge in [0.1, 0.15) is 62.0 Å². The highest BCUT2D eigenvalue weighted by Crippen LogP contribution is 2.50. The van der Waals surface area contributed by atoms with Crippen LogP contribution in [0.15, 0.2) is 59.1 Å². The number of aliphatic hydroxyl groups is 10. The zero-order chi connectivity index (χ0) is 45.2. The van der Waals surface area contributed by atoms with Crippen molar-refractivity contribution in [2.75, 3.05) is 26.4 Å². The Morgan fingerprint density at radius 3 is 1.90 bits per heavy atom. The highest BCUT2D eigenvalue weighted by molar-refractivity contribution is 5.90. The predicted molar refractivity (Wildman–Crippen MR) is 208 cm³/mol. The second-order valence-corrected chi connectivity index (χ2v) is 17.1. The molecule has 10 N–H and O–H groups in total. The molecule has 4 fully saturated rings. The van der Waals surface area contributed by atoms with Crippen LogP contribution >= 0.6 is 0 Å². The zero-order valence-electron chi connectivity index (χ0n) is 34.8. The Balaban J connectivity index is 0.966. The molecule has 0 spiro atoms. The first-order chi connectivity index (χ1) is 29.4. The second kappa shape index (κ2) is 20.2. The van der Waals surface area contributed by atoms with Crippen molar-refractivity contribution in [3.8, 4) is 0 Å². The minimum atomic E-state index is -1.69. The van der Waals surface area contributed by atoms with Gasteiger partial charge in [0.2, 0.25) is 12.6 Å². The quantitative estimate of drug-likeness (QED) is 0.0640. The smallest absolute Gasteiger partial charge is 0.337 e. The number of allylic oxidation sites excluding steroid dienone is 2. The van der Waals surface area contributed by atoms with Gasteiger partial charge in [0.15, 0.2) is 12.6 Å². The van der Waals surface area contributed by atoms with E-state index in [9.17, 15) is 60.7 Å². The first kappa shape index (κ1) is 48.1. The number of esters is 2.